The molecule has 0 bridgehead atoms. The topological polar surface area (TPSA) is 101 Å². The Kier molecular flexibility index (Phi) is 2.44. The number of phenolic OH excluding ortho intramolecular Hbond substituents is 5. The summed E-state index contributed by atoms with van der Waals surface area (Å²) in [6, 6.07) is 5.94. The molecule has 0 spiro atoms. The van der Waals surface area contributed by atoms with Gasteiger partial charge in [0.25, 0.3) is 0 Å². The minimum absolute atomic E-state index is 0.0240. The van der Waals surface area contributed by atoms with E-state index in [2.05, 4.69) is 0 Å². The molecule has 5 N–H and O–H groups in total. The minimum atomic E-state index is -0.564. The normalized spacial score (nSPS) is 10.4. The molecule has 88 valence electrons. The molecule has 2 aromatic carbocycles. The van der Waals surface area contributed by atoms with E-state index in [9.17, 15) is 25.5 Å². The van der Waals surface area contributed by atoms with Crippen LogP contribution in [0.2, 0.25) is 0 Å². The molecular weight excluding hydrogens is 224 g/mol. The van der Waals surface area contributed by atoms with Gasteiger partial charge in [-0.25, -0.2) is 0 Å². The number of hydrogen-bond donors (Lipinski definition) is 5. The van der Waals surface area contributed by atoms with Gasteiger partial charge in [-0.1, -0.05) is 0 Å². The smallest absolute Gasteiger partial charge is 0.169 e. The van der Waals surface area contributed by atoms with Gasteiger partial charge >= 0.3 is 0 Å². The van der Waals surface area contributed by atoms with Crippen LogP contribution in [-0.2, 0) is 0 Å². The first-order valence-corrected chi connectivity index (χ1v) is 4.77. The van der Waals surface area contributed by atoms with Crippen molar-refractivity contribution in [3.8, 4) is 39.9 Å². The van der Waals surface area contributed by atoms with Crippen LogP contribution in [0.4, 0.5) is 0 Å². The van der Waals surface area contributed by atoms with Crippen molar-refractivity contribution >= 4 is 0 Å². The number of aromatic hydroxyl groups is 5. The fourth-order valence-corrected chi connectivity index (χ4v) is 1.56. The Bertz CT molecular complexity index is 577. The molecule has 2 aromatic rings. The molecule has 0 fully saturated rings. The van der Waals surface area contributed by atoms with Crippen LogP contribution in [0.15, 0.2) is 30.3 Å². The van der Waals surface area contributed by atoms with Gasteiger partial charge in [-0.2, -0.15) is 0 Å². The summed E-state index contributed by atoms with van der Waals surface area (Å²) in [5, 5.41) is 47.5. The quantitative estimate of drug-likeness (QED) is 0.383. The van der Waals surface area contributed by atoms with Crippen molar-refractivity contribution in [3.05, 3.63) is 30.3 Å². The first-order valence-electron chi connectivity index (χ1n) is 4.77. The lowest BCUT2D eigenvalue weighted by Crippen LogP contribution is -1.83. The summed E-state index contributed by atoms with van der Waals surface area (Å²) >= 11 is 0. The van der Waals surface area contributed by atoms with Crippen molar-refractivity contribution in [1.82, 2.24) is 0 Å². The Hall–Kier alpha value is -2.56. The maximum Gasteiger partial charge on any atom is 0.169 e. The molecule has 0 atom stereocenters. The van der Waals surface area contributed by atoms with Crippen molar-refractivity contribution < 1.29 is 25.5 Å². The van der Waals surface area contributed by atoms with Crippen LogP contribution >= 0.6 is 0 Å². The Morgan fingerprint density at radius 2 is 1.24 bits per heavy atom. The second kappa shape index (κ2) is 3.79. The average molecular weight is 234 g/mol. The van der Waals surface area contributed by atoms with Gasteiger partial charge in [0.05, 0.1) is 5.56 Å². The summed E-state index contributed by atoms with van der Waals surface area (Å²) in [5.74, 6) is -1.69. The van der Waals surface area contributed by atoms with E-state index in [1.54, 1.807) is 0 Å². The number of phenols is 5. The number of hydrogen-bond acceptors (Lipinski definition) is 5. The van der Waals surface area contributed by atoms with Gasteiger partial charge in [-0.05, 0) is 30.3 Å². The summed E-state index contributed by atoms with van der Waals surface area (Å²) in [6.45, 7) is 0. The van der Waals surface area contributed by atoms with Crippen LogP contribution in [0.25, 0.3) is 11.1 Å². The molecule has 2 rings (SSSR count). The maximum atomic E-state index is 9.64. The zero-order chi connectivity index (χ0) is 12.6. The van der Waals surface area contributed by atoms with Crippen molar-refractivity contribution in [1.29, 1.82) is 0 Å². The van der Waals surface area contributed by atoms with Crippen LogP contribution in [0.5, 0.6) is 28.7 Å². The van der Waals surface area contributed by atoms with Crippen molar-refractivity contribution in [2.24, 2.45) is 0 Å². The molecule has 0 radical (unpaired) electrons. The lowest BCUT2D eigenvalue weighted by atomic mass is 10.0. The van der Waals surface area contributed by atoms with Gasteiger partial charge in [0.1, 0.15) is 17.2 Å². The largest absolute Gasteiger partial charge is 0.508 e. The predicted octanol–water partition coefficient (Wildman–Crippen LogP) is 1.88. The molecule has 0 aromatic heterocycles. The molecule has 0 saturated carbocycles. The van der Waals surface area contributed by atoms with Gasteiger partial charge in [-0.3, -0.25) is 0 Å². The molecule has 0 aliphatic carbocycles. The Morgan fingerprint density at radius 3 is 1.94 bits per heavy atom. The van der Waals surface area contributed by atoms with Crippen molar-refractivity contribution in [2.75, 3.05) is 0 Å². The Balaban J connectivity index is 2.76. The fraction of sp³-hybridized carbons (Fsp3) is 0. The van der Waals surface area contributed by atoms with Crippen LogP contribution in [0.1, 0.15) is 0 Å². The van der Waals surface area contributed by atoms with Gasteiger partial charge in [0, 0.05) is 5.56 Å². The summed E-state index contributed by atoms with van der Waals surface area (Å²) in [6.07, 6.45) is 0. The maximum absolute atomic E-state index is 9.64. The van der Waals surface area contributed by atoms with Gasteiger partial charge in [-0.15, -0.1) is 0 Å². The molecule has 0 amide bonds. The van der Waals surface area contributed by atoms with E-state index in [0.29, 0.717) is 0 Å². The first-order chi connectivity index (χ1) is 8.00. The van der Waals surface area contributed by atoms with E-state index in [4.69, 9.17) is 0 Å². The second-order valence-electron chi connectivity index (χ2n) is 3.53. The zero-order valence-corrected chi connectivity index (χ0v) is 8.62. The molecule has 0 saturated heterocycles. The van der Waals surface area contributed by atoms with E-state index < -0.39 is 11.5 Å². The van der Waals surface area contributed by atoms with Crippen LogP contribution < -0.4 is 0 Å². The lowest BCUT2D eigenvalue weighted by molar-refractivity contribution is 0.398. The van der Waals surface area contributed by atoms with Gasteiger partial charge in [0.2, 0.25) is 0 Å². The third-order valence-corrected chi connectivity index (χ3v) is 2.38. The van der Waals surface area contributed by atoms with E-state index >= 15 is 0 Å². The van der Waals surface area contributed by atoms with E-state index in [1.165, 1.54) is 24.3 Å². The SMILES string of the molecule is Oc1ccc(O)c(-c2c(O)ccc(O)c2O)c1. The minimum Gasteiger partial charge on any atom is -0.508 e. The summed E-state index contributed by atoms with van der Waals surface area (Å²) < 4.78 is 0. The van der Waals surface area contributed by atoms with E-state index in [-0.39, 0.29) is 28.4 Å². The van der Waals surface area contributed by atoms with Crippen LogP contribution in [0.3, 0.4) is 0 Å². The van der Waals surface area contributed by atoms with E-state index in [0.717, 1.165) is 6.07 Å². The molecule has 17 heavy (non-hydrogen) atoms. The molecule has 0 aliphatic heterocycles. The monoisotopic (exact) mass is 234 g/mol. The van der Waals surface area contributed by atoms with Crippen molar-refractivity contribution in [2.45, 2.75) is 0 Å². The lowest BCUT2D eigenvalue weighted by Gasteiger charge is -2.10. The zero-order valence-electron chi connectivity index (χ0n) is 8.62. The second-order valence-corrected chi connectivity index (χ2v) is 3.53. The van der Waals surface area contributed by atoms with E-state index in [1.807, 2.05) is 0 Å². The Labute approximate surface area is 96.5 Å². The highest BCUT2D eigenvalue weighted by molar-refractivity contribution is 5.83. The van der Waals surface area contributed by atoms with Crippen molar-refractivity contribution in [3.63, 3.8) is 0 Å². The Morgan fingerprint density at radius 1 is 0.647 bits per heavy atom. The molecule has 0 aliphatic rings. The van der Waals surface area contributed by atoms with Gasteiger partial charge < -0.3 is 25.5 Å². The van der Waals surface area contributed by atoms with Crippen LogP contribution in [0, 0.1) is 0 Å². The third kappa shape index (κ3) is 1.78. The van der Waals surface area contributed by atoms with Gasteiger partial charge in [0.15, 0.2) is 11.5 Å². The molecular formula is C12H10O5. The predicted molar refractivity (Wildman–Crippen MR) is 60.2 cm³/mol. The average Bonchev–Trinajstić information content (AvgIpc) is 2.29. The highest BCUT2D eigenvalue weighted by atomic mass is 16.3. The first kappa shape index (κ1) is 10.9. The third-order valence-electron chi connectivity index (χ3n) is 2.38. The molecule has 5 nitrogen and oxygen atoms in total. The fourth-order valence-electron chi connectivity index (χ4n) is 1.56. The number of rotatable bonds is 1. The molecule has 0 unspecified atom stereocenters. The highest BCUT2D eigenvalue weighted by Gasteiger charge is 2.17. The molecule has 0 heterocycles. The standard InChI is InChI=1S/C12H10O5/c13-6-1-2-8(14)7(5-6)11-9(15)3-4-10(16)12(11)17/h1-5,13-17H. The highest BCUT2D eigenvalue weighted by Crippen LogP contribution is 2.46. The van der Waals surface area contributed by atoms with Crippen LogP contribution in [-0.4, -0.2) is 25.5 Å². The summed E-state index contributed by atoms with van der Waals surface area (Å²) in [7, 11) is 0. The number of benzene rings is 2. The summed E-state index contributed by atoms with van der Waals surface area (Å²) in [5.41, 5.74) is -0.116. The summed E-state index contributed by atoms with van der Waals surface area (Å²) in [4.78, 5) is 0. The molecule has 5 heteroatoms.